The Labute approximate surface area is 205 Å². The van der Waals surface area contributed by atoms with Gasteiger partial charge in [-0.05, 0) is 56.3 Å². The number of carbonyl (C=O) groups is 1. The third-order valence-corrected chi connectivity index (χ3v) is 7.06. The Hall–Kier alpha value is -3.30. The standard InChI is InChI=1S/C26H33N7O2/c1-3-19-13-23-24(30-25(19)34)12-18(14-27-23)16-32-8-10-33(11-9-32)21-4-5-22(28-15-21)26(35)29-20-6-7-31(2)17-20/h4-5,12-15,20H,3,6-11,16-17H2,1-2H3,(H,29,35)(H,30,34). The third-order valence-electron chi connectivity index (χ3n) is 7.06. The Balaban J connectivity index is 1.15. The molecule has 2 N–H and O–H groups in total. The van der Waals surface area contributed by atoms with E-state index >= 15 is 0 Å². The Morgan fingerprint density at radius 2 is 1.94 bits per heavy atom. The van der Waals surface area contributed by atoms with Gasteiger partial charge in [0.25, 0.3) is 11.5 Å². The van der Waals surface area contributed by atoms with E-state index in [1.807, 2.05) is 37.4 Å². The van der Waals surface area contributed by atoms with E-state index in [0.717, 1.165) is 80.1 Å². The highest BCUT2D eigenvalue weighted by Gasteiger charge is 2.23. The van der Waals surface area contributed by atoms with E-state index in [1.165, 1.54) is 0 Å². The van der Waals surface area contributed by atoms with E-state index in [0.29, 0.717) is 12.1 Å². The number of carbonyl (C=O) groups excluding carboxylic acids is 1. The fraction of sp³-hybridized carbons (Fsp3) is 0.462. The van der Waals surface area contributed by atoms with Crippen molar-refractivity contribution < 1.29 is 4.79 Å². The molecule has 0 bridgehead atoms. The van der Waals surface area contributed by atoms with Gasteiger partial charge >= 0.3 is 0 Å². The molecule has 1 amide bonds. The molecule has 1 atom stereocenters. The van der Waals surface area contributed by atoms with Crippen LogP contribution in [-0.4, -0.2) is 83.0 Å². The molecule has 35 heavy (non-hydrogen) atoms. The lowest BCUT2D eigenvalue weighted by atomic mass is 10.1. The maximum absolute atomic E-state index is 12.5. The second-order valence-electron chi connectivity index (χ2n) is 9.64. The van der Waals surface area contributed by atoms with Crippen molar-refractivity contribution in [3.63, 3.8) is 0 Å². The molecule has 2 saturated heterocycles. The number of nitrogens with one attached hydrogen (secondary N) is 2. The molecule has 5 heterocycles. The topological polar surface area (TPSA) is 97.5 Å². The Morgan fingerprint density at radius 3 is 2.63 bits per heavy atom. The highest BCUT2D eigenvalue weighted by Crippen LogP contribution is 2.18. The van der Waals surface area contributed by atoms with Gasteiger partial charge in [0.15, 0.2) is 0 Å². The van der Waals surface area contributed by atoms with Crippen molar-refractivity contribution in [1.82, 2.24) is 30.1 Å². The van der Waals surface area contributed by atoms with Gasteiger partial charge < -0.3 is 20.1 Å². The normalized spacial score (nSPS) is 19.4. The van der Waals surface area contributed by atoms with Gasteiger partial charge in [0, 0.05) is 57.1 Å². The number of H-pyrrole nitrogens is 1. The predicted octanol–water partition coefficient (Wildman–Crippen LogP) is 1.64. The maximum Gasteiger partial charge on any atom is 0.270 e. The first-order chi connectivity index (χ1) is 17.0. The molecular weight excluding hydrogens is 442 g/mol. The number of hydrogen-bond donors (Lipinski definition) is 2. The van der Waals surface area contributed by atoms with Gasteiger partial charge in [-0.2, -0.15) is 0 Å². The van der Waals surface area contributed by atoms with Crippen LogP contribution in [0.1, 0.15) is 35.0 Å². The highest BCUT2D eigenvalue weighted by molar-refractivity contribution is 5.92. The third kappa shape index (κ3) is 5.36. The molecule has 0 aliphatic carbocycles. The number of amides is 1. The molecular formula is C26H33N7O2. The number of likely N-dealkylation sites (tertiary alicyclic amines) is 1. The number of rotatable bonds is 6. The van der Waals surface area contributed by atoms with Gasteiger partial charge in [-0.25, -0.2) is 4.98 Å². The molecule has 1 unspecified atom stereocenters. The van der Waals surface area contributed by atoms with Gasteiger partial charge in [0.1, 0.15) is 5.69 Å². The lowest BCUT2D eigenvalue weighted by molar-refractivity contribution is 0.0933. The molecule has 2 aliphatic rings. The maximum atomic E-state index is 12.5. The van der Waals surface area contributed by atoms with Gasteiger partial charge in [0.05, 0.1) is 22.9 Å². The molecule has 184 valence electrons. The van der Waals surface area contributed by atoms with Crippen molar-refractivity contribution in [3.8, 4) is 0 Å². The summed E-state index contributed by atoms with van der Waals surface area (Å²) in [5, 5.41) is 3.09. The minimum atomic E-state index is -0.0991. The molecule has 2 aliphatic heterocycles. The minimum Gasteiger partial charge on any atom is -0.368 e. The van der Waals surface area contributed by atoms with Crippen molar-refractivity contribution >= 4 is 22.6 Å². The number of aromatic nitrogens is 3. The summed E-state index contributed by atoms with van der Waals surface area (Å²) in [6, 6.07) is 7.93. The molecule has 9 nitrogen and oxygen atoms in total. The number of fused-ring (bicyclic) bond motifs is 1. The average Bonchev–Trinajstić information content (AvgIpc) is 3.28. The minimum absolute atomic E-state index is 0.0317. The first-order valence-electron chi connectivity index (χ1n) is 12.4. The molecule has 0 radical (unpaired) electrons. The number of likely N-dealkylation sites (N-methyl/N-ethyl adjacent to an activating group) is 1. The molecule has 0 spiro atoms. The molecule has 0 aromatic carbocycles. The SMILES string of the molecule is CCc1cc2ncc(CN3CCN(c4ccc(C(=O)NC5CCN(C)C5)nc4)CC3)cc2[nH]c1=O. The fourth-order valence-electron chi connectivity index (χ4n) is 4.96. The molecule has 5 rings (SSSR count). The van der Waals surface area contributed by atoms with Gasteiger partial charge in [-0.3, -0.25) is 19.5 Å². The van der Waals surface area contributed by atoms with Crippen LogP contribution in [0, 0.1) is 0 Å². The second-order valence-corrected chi connectivity index (χ2v) is 9.64. The Kier molecular flexibility index (Phi) is 6.79. The van der Waals surface area contributed by atoms with Crippen molar-refractivity contribution in [2.75, 3.05) is 51.2 Å². The van der Waals surface area contributed by atoms with E-state index in [9.17, 15) is 9.59 Å². The number of nitrogens with zero attached hydrogens (tertiary/aromatic N) is 5. The number of pyridine rings is 3. The van der Waals surface area contributed by atoms with Crippen LogP contribution in [0.25, 0.3) is 11.0 Å². The van der Waals surface area contributed by atoms with Crippen LogP contribution in [0.3, 0.4) is 0 Å². The van der Waals surface area contributed by atoms with E-state index in [4.69, 9.17) is 0 Å². The smallest absolute Gasteiger partial charge is 0.270 e. The molecule has 3 aromatic heterocycles. The van der Waals surface area contributed by atoms with Crippen molar-refractivity contribution in [2.45, 2.75) is 32.4 Å². The summed E-state index contributed by atoms with van der Waals surface area (Å²) in [7, 11) is 2.07. The Morgan fingerprint density at radius 1 is 1.11 bits per heavy atom. The number of aromatic amines is 1. The zero-order valence-electron chi connectivity index (χ0n) is 20.5. The lowest BCUT2D eigenvalue weighted by Crippen LogP contribution is -2.46. The first kappa shape index (κ1) is 23.4. The highest BCUT2D eigenvalue weighted by atomic mass is 16.2. The largest absolute Gasteiger partial charge is 0.368 e. The van der Waals surface area contributed by atoms with E-state index in [-0.39, 0.29) is 17.5 Å². The molecule has 0 saturated carbocycles. The van der Waals surface area contributed by atoms with Crippen LogP contribution in [0.5, 0.6) is 0 Å². The van der Waals surface area contributed by atoms with Crippen molar-refractivity contribution in [3.05, 3.63) is 63.8 Å². The fourth-order valence-corrected chi connectivity index (χ4v) is 4.96. The predicted molar refractivity (Wildman–Crippen MR) is 137 cm³/mol. The lowest BCUT2D eigenvalue weighted by Gasteiger charge is -2.36. The van der Waals surface area contributed by atoms with Crippen LogP contribution in [0.2, 0.25) is 0 Å². The summed E-state index contributed by atoms with van der Waals surface area (Å²) in [6.45, 7) is 8.28. The van der Waals surface area contributed by atoms with Crippen LogP contribution in [0.4, 0.5) is 5.69 Å². The average molecular weight is 476 g/mol. The zero-order valence-corrected chi connectivity index (χ0v) is 20.5. The zero-order chi connectivity index (χ0) is 24.4. The molecule has 9 heteroatoms. The summed E-state index contributed by atoms with van der Waals surface area (Å²) in [5.74, 6) is -0.0991. The summed E-state index contributed by atoms with van der Waals surface area (Å²) in [5.41, 5.74) is 4.95. The monoisotopic (exact) mass is 475 g/mol. The first-order valence-corrected chi connectivity index (χ1v) is 12.4. The van der Waals surface area contributed by atoms with Crippen molar-refractivity contribution in [1.29, 1.82) is 0 Å². The number of piperazine rings is 1. The number of aryl methyl sites for hydroxylation is 1. The van der Waals surface area contributed by atoms with Gasteiger partial charge in [-0.1, -0.05) is 6.92 Å². The van der Waals surface area contributed by atoms with Crippen LogP contribution in [-0.2, 0) is 13.0 Å². The Bertz CT molecular complexity index is 1250. The summed E-state index contributed by atoms with van der Waals surface area (Å²) in [4.78, 5) is 43.6. The number of anilines is 1. The quantitative estimate of drug-likeness (QED) is 0.559. The van der Waals surface area contributed by atoms with Gasteiger partial charge in [0.2, 0.25) is 0 Å². The van der Waals surface area contributed by atoms with Gasteiger partial charge in [-0.15, -0.1) is 0 Å². The summed E-state index contributed by atoms with van der Waals surface area (Å²) < 4.78 is 0. The van der Waals surface area contributed by atoms with Crippen LogP contribution < -0.4 is 15.8 Å². The second kappa shape index (κ2) is 10.1. The van der Waals surface area contributed by atoms with Crippen molar-refractivity contribution in [2.24, 2.45) is 0 Å². The summed E-state index contributed by atoms with van der Waals surface area (Å²) >= 11 is 0. The van der Waals surface area contributed by atoms with E-state index in [1.54, 1.807) is 6.20 Å². The molecule has 3 aromatic rings. The van der Waals surface area contributed by atoms with E-state index < -0.39 is 0 Å². The van der Waals surface area contributed by atoms with Crippen LogP contribution >= 0.6 is 0 Å². The summed E-state index contributed by atoms with van der Waals surface area (Å²) in [6.07, 6.45) is 5.39. The molecule has 2 fully saturated rings. The van der Waals surface area contributed by atoms with Crippen LogP contribution in [0.15, 0.2) is 41.5 Å². The van der Waals surface area contributed by atoms with E-state index in [2.05, 4.69) is 42.0 Å². The number of hydrogen-bond acceptors (Lipinski definition) is 7.